The largest absolute Gasteiger partial charge is 0.573 e. The molecule has 316 valence electrons. The maximum absolute atomic E-state index is 14.2. The molecule has 1 fully saturated rings. The highest BCUT2D eigenvalue weighted by Gasteiger charge is 2.43. The van der Waals surface area contributed by atoms with Crippen molar-refractivity contribution in [2.75, 3.05) is 6.54 Å². The Labute approximate surface area is 334 Å². The van der Waals surface area contributed by atoms with E-state index in [1.807, 2.05) is 0 Å². The number of alkyl halides is 7. The van der Waals surface area contributed by atoms with Crippen molar-refractivity contribution in [2.24, 2.45) is 5.73 Å². The molecule has 0 spiro atoms. The number of rotatable bonds is 11. The molecule has 0 bridgehead atoms. The number of halogens is 11. The molecule has 3 aromatic carbocycles. The zero-order valence-corrected chi connectivity index (χ0v) is 31.4. The van der Waals surface area contributed by atoms with Crippen LogP contribution in [0.1, 0.15) is 24.2 Å². The summed E-state index contributed by atoms with van der Waals surface area (Å²) in [5.41, 5.74) is 7.19. The first-order valence-corrected chi connectivity index (χ1v) is 18.0. The molecule has 0 unspecified atom stereocenters. The number of ketones is 1. The van der Waals surface area contributed by atoms with Crippen molar-refractivity contribution in [3.05, 3.63) is 114 Å². The Morgan fingerprint density at radius 3 is 1.71 bits per heavy atom. The first kappa shape index (κ1) is 46.2. The van der Waals surface area contributed by atoms with Crippen LogP contribution in [0, 0.1) is 17.5 Å². The van der Waals surface area contributed by atoms with Gasteiger partial charge in [-0.2, -0.15) is 4.31 Å². The van der Waals surface area contributed by atoms with Crippen LogP contribution < -0.4 is 15.2 Å². The fraction of sp³-hybridized carbons (Fsp3) is 0.250. The van der Waals surface area contributed by atoms with Gasteiger partial charge in [0.1, 0.15) is 24.6 Å². The van der Waals surface area contributed by atoms with Crippen LogP contribution >= 0.6 is 12.4 Å². The van der Waals surface area contributed by atoms with Crippen LogP contribution in [0.15, 0.2) is 90.3 Å². The summed E-state index contributed by atoms with van der Waals surface area (Å²) in [7, 11) is -4.26. The summed E-state index contributed by atoms with van der Waals surface area (Å²) in [4.78, 5) is 28.4. The van der Waals surface area contributed by atoms with Crippen molar-refractivity contribution in [1.82, 2.24) is 24.2 Å². The van der Waals surface area contributed by atoms with Gasteiger partial charge in [-0.05, 0) is 79.2 Å². The molecule has 1 aliphatic rings. The van der Waals surface area contributed by atoms with E-state index in [0.717, 1.165) is 59.2 Å². The molecule has 2 aromatic heterocycles. The third-order valence-electron chi connectivity index (χ3n) is 8.19. The topological polar surface area (TPSA) is 150 Å². The van der Waals surface area contributed by atoms with Crippen molar-refractivity contribution in [2.45, 2.75) is 55.6 Å². The van der Waals surface area contributed by atoms with E-state index in [0.29, 0.717) is 22.6 Å². The molecule has 0 saturated carbocycles. The summed E-state index contributed by atoms with van der Waals surface area (Å²) in [5, 5.41) is 0. The van der Waals surface area contributed by atoms with Gasteiger partial charge in [-0.3, -0.25) is 4.79 Å². The normalized spacial score (nSPS) is 15.8. The second-order valence-corrected chi connectivity index (χ2v) is 14.1. The van der Waals surface area contributed by atoms with E-state index in [-0.39, 0.29) is 54.4 Å². The number of ether oxygens (including phenoxy) is 2. The van der Waals surface area contributed by atoms with Crippen LogP contribution in [-0.2, 0) is 27.8 Å². The minimum Gasteiger partial charge on any atom is -0.403 e. The van der Waals surface area contributed by atoms with Gasteiger partial charge in [0.2, 0.25) is 10.0 Å². The van der Waals surface area contributed by atoms with Gasteiger partial charge in [0.15, 0.2) is 28.9 Å². The van der Waals surface area contributed by atoms with Gasteiger partial charge in [-0.1, -0.05) is 0 Å². The summed E-state index contributed by atoms with van der Waals surface area (Å²) in [6, 6.07) is 11.4. The molecular formula is C36H29ClF10N6O5S. The molecule has 59 heavy (non-hydrogen) atoms. The molecule has 5 aromatic rings. The lowest BCUT2D eigenvalue weighted by Gasteiger charge is -2.22. The number of carbonyl (C=O) groups is 1. The molecule has 11 nitrogen and oxygen atoms in total. The predicted molar refractivity (Wildman–Crippen MR) is 190 cm³/mol. The van der Waals surface area contributed by atoms with Gasteiger partial charge in [0.25, 0.3) is 0 Å². The van der Waals surface area contributed by atoms with Gasteiger partial charge < -0.3 is 15.2 Å². The molecule has 6 rings (SSSR count). The number of aryl methyl sites for hydroxylation is 1. The lowest BCUT2D eigenvalue weighted by molar-refractivity contribution is -0.276. The predicted octanol–water partition coefficient (Wildman–Crippen LogP) is 7.69. The number of hydrogen-bond donors (Lipinski definition) is 1. The Kier molecular flexibility index (Phi) is 15.0. The standard InChI is InChI=1S/C24H19F6N3O4S.C12H9F4N3O.ClH/c25-15-2-5-18(6-3-15)38(35,36)33-12-16(26)10-21(33)22(34)7-4-17-11-20(32-13-31-17)14-1-8-23(19(27)9-14)37-24(28,29)30;13-9-3-7(1-2-11(9)20-12(14,15)16)10-4-8(5-17)18-6-19-10;/h1-3,5-6,8-9,11,13,16,21H,4,7,10,12H2;1-4,6H,5,17H2;1H/t16-,21+;;/m1../s1. The number of aromatic nitrogens is 4. The van der Waals surface area contributed by atoms with Crippen LogP contribution in [0.2, 0.25) is 0 Å². The van der Waals surface area contributed by atoms with E-state index < -0.39 is 76.2 Å². The second-order valence-electron chi connectivity index (χ2n) is 12.2. The maximum atomic E-state index is 14.2. The third kappa shape index (κ3) is 12.5. The number of nitrogens with two attached hydrogens (primary N) is 1. The molecule has 2 atom stereocenters. The molecule has 0 aliphatic carbocycles. The molecule has 1 aliphatic heterocycles. The quantitative estimate of drug-likeness (QED) is 0.131. The van der Waals surface area contributed by atoms with Crippen molar-refractivity contribution in [3.63, 3.8) is 0 Å². The van der Waals surface area contributed by atoms with Crippen LogP contribution in [0.4, 0.5) is 43.9 Å². The molecule has 0 radical (unpaired) electrons. The second kappa shape index (κ2) is 19.1. The lowest BCUT2D eigenvalue weighted by Crippen LogP contribution is -2.40. The van der Waals surface area contributed by atoms with Crippen molar-refractivity contribution in [3.8, 4) is 34.0 Å². The van der Waals surface area contributed by atoms with Gasteiger partial charge in [-0.15, -0.1) is 38.7 Å². The lowest BCUT2D eigenvalue weighted by atomic mass is 10.0. The summed E-state index contributed by atoms with van der Waals surface area (Å²) >= 11 is 0. The van der Waals surface area contributed by atoms with Crippen molar-refractivity contribution in [1.29, 1.82) is 0 Å². The van der Waals surface area contributed by atoms with E-state index in [4.69, 9.17) is 5.73 Å². The molecule has 3 heterocycles. The number of carbonyl (C=O) groups excluding carboxylic acids is 1. The van der Waals surface area contributed by atoms with Crippen LogP contribution in [0.5, 0.6) is 11.5 Å². The van der Waals surface area contributed by atoms with Gasteiger partial charge in [-0.25, -0.2) is 45.9 Å². The van der Waals surface area contributed by atoms with Crippen molar-refractivity contribution < 1.29 is 66.6 Å². The summed E-state index contributed by atoms with van der Waals surface area (Å²) in [6.07, 6.45) is -9.75. The highest BCUT2D eigenvalue weighted by atomic mass is 35.5. The Hall–Kier alpha value is -5.45. The molecule has 2 N–H and O–H groups in total. The zero-order chi connectivity index (χ0) is 42.4. The smallest absolute Gasteiger partial charge is 0.403 e. The average Bonchev–Trinajstić information content (AvgIpc) is 3.57. The first-order valence-electron chi connectivity index (χ1n) is 16.6. The number of Topliss-reactive ketones (excluding diaryl/α,β-unsaturated/α-hetero) is 1. The fourth-order valence-corrected chi connectivity index (χ4v) is 7.22. The highest BCUT2D eigenvalue weighted by Crippen LogP contribution is 2.32. The van der Waals surface area contributed by atoms with Gasteiger partial charge in [0.05, 0.1) is 28.0 Å². The highest BCUT2D eigenvalue weighted by molar-refractivity contribution is 7.89. The molecular weight excluding hydrogens is 854 g/mol. The number of benzene rings is 3. The van der Waals surface area contributed by atoms with Gasteiger partial charge >= 0.3 is 12.7 Å². The summed E-state index contributed by atoms with van der Waals surface area (Å²) < 4.78 is 162. The average molecular weight is 883 g/mol. The minimum atomic E-state index is -5.06. The number of hydrogen-bond acceptors (Lipinski definition) is 10. The monoisotopic (exact) mass is 882 g/mol. The van der Waals surface area contributed by atoms with Crippen LogP contribution in [-0.4, -0.2) is 69.9 Å². The fourth-order valence-electron chi connectivity index (χ4n) is 5.57. The Bertz CT molecular complexity index is 2360. The van der Waals surface area contributed by atoms with E-state index >= 15 is 0 Å². The van der Waals surface area contributed by atoms with Crippen LogP contribution in [0.25, 0.3) is 22.5 Å². The maximum Gasteiger partial charge on any atom is 0.573 e. The first-order chi connectivity index (χ1) is 27.2. The number of nitrogens with zero attached hydrogens (tertiary/aromatic N) is 5. The Balaban J connectivity index is 0.000000309. The SMILES string of the molecule is Cl.NCc1cc(-c2ccc(OC(F)(F)F)c(F)c2)ncn1.O=C(CCc1cc(-c2ccc(OC(F)(F)F)c(F)c2)ncn1)[C@@H]1C[C@@H](F)CN1S(=O)(=O)c1ccc(F)cc1. The zero-order valence-electron chi connectivity index (χ0n) is 29.7. The van der Waals surface area contributed by atoms with Crippen LogP contribution in [0.3, 0.4) is 0 Å². The van der Waals surface area contributed by atoms with E-state index in [2.05, 4.69) is 29.4 Å². The summed E-state index contributed by atoms with van der Waals surface area (Å²) in [5.74, 6) is -5.51. The molecule has 0 amide bonds. The van der Waals surface area contributed by atoms with Gasteiger partial charge in [0, 0.05) is 42.8 Å². The van der Waals surface area contributed by atoms with E-state index in [1.165, 1.54) is 30.6 Å². The van der Waals surface area contributed by atoms with E-state index in [9.17, 15) is 57.1 Å². The number of sulfonamides is 1. The third-order valence-corrected chi connectivity index (χ3v) is 10.1. The van der Waals surface area contributed by atoms with Crippen molar-refractivity contribution >= 4 is 28.2 Å². The molecule has 23 heteroatoms. The minimum absolute atomic E-state index is 0. The summed E-state index contributed by atoms with van der Waals surface area (Å²) in [6.45, 7) is -0.347. The molecule has 1 saturated heterocycles. The van der Waals surface area contributed by atoms with E-state index in [1.54, 1.807) is 0 Å². The Morgan fingerprint density at radius 1 is 0.746 bits per heavy atom. The Morgan fingerprint density at radius 2 is 1.24 bits per heavy atom.